The van der Waals surface area contributed by atoms with Crippen LogP contribution in [0, 0.1) is 0 Å². The predicted molar refractivity (Wildman–Crippen MR) is 110 cm³/mol. The highest BCUT2D eigenvalue weighted by atomic mass is 35.5. The van der Waals surface area contributed by atoms with E-state index in [4.69, 9.17) is 27.9 Å². The molecule has 2 aromatic rings. The zero-order valence-electron chi connectivity index (χ0n) is 15.4. The second-order valence-electron chi connectivity index (χ2n) is 6.33. The van der Waals surface area contributed by atoms with Gasteiger partial charge in [-0.15, -0.1) is 0 Å². The van der Waals surface area contributed by atoms with Gasteiger partial charge in [-0.1, -0.05) is 48.7 Å². The lowest BCUT2D eigenvalue weighted by atomic mass is 10.1. The second kappa shape index (κ2) is 8.68. The van der Waals surface area contributed by atoms with Crippen molar-refractivity contribution in [3.8, 4) is 0 Å². The van der Waals surface area contributed by atoms with E-state index in [9.17, 15) is 19.5 Å². The van der Waals surface area contributed by atoms with Crippen molar-refractivity contribution in [3.63, 3.8) is 0 Å². The maximum atomic E-state index is 12.9. The Morgan fingerprint density at radius 2 is 1.86 bits per heavy atom. The quantitative estimate of drug-likeness (QED) is 0.402. The molecular formula is C21H17Cl2NO5. The Bertz CT molecular complexity index is 1030. The van der Waals surface area contributed by atoms with E-state index in [2.05, 4.69) is 0 Å². The van der Waals surface area contributed by atoms with Crippen LogP contribution in [0.15, 0.2) is 48.2 Å². The van der Waals surface area contributed by atoms with Crippen molar-refractivity contribution in [2.75, 3.05) is 11.5 Å². The van der Waals surface area contributed by atoms with Gasteiger partial charge < -0.3 is 9.84 Å². The lowest BCUT2D eigenvalue weighted by Crippen LogP contribution is -2.31. The van der Waals surface area contributed by atoms with Gasteiger partial charge in [-0.25, -0.2) is 9.69 Å². The van der Waals surface area contributed by atoms with E-state index in [1.54, 1.807) is 0 Å². The van der Waals surface area contributed by atoms with Crippen LogP contribution in [0.25, 0.3) is 5.57 Å². The first-order chi connectivity index (χ1) is 13.8. The van der Waals surface area contributed by atoms with Gasteiger partial charge in [0.1, 0.15) is 0 Å². The average Bonchev–Trinajstić information content (AvgIpc) is 2.91. The number of anilines is 1. The van der Waals surface area contributed by atoms with E-state index < -0.39 is 23.5 Å². The number of aliphatic hydroxyl groups is 1. The smallest absolute Gasteiger partial charge is 0.338 e. The van der Waals surface area contributed by atoms with Crippen molar-refractivity contribution in [2.45, 2.75) is 19.8 Å². The van der Waals surface area contributed by atoms with Gasteiger partial charge in [0.05, 0.1) is 28.5 Å². The topological polar surface area (TPSA) is 83.9 Å². The molecule has 2 aromatic carbocycles. The van der Waals surface area contributed by atoms with Crippen molar-refractivity contribution < 1.29 is 24.2 Å². The van der Waals surface area contributed by atoms with E-state index >= 15 is 0 Å². The van der Waals surface area contributed by atoms with Gasteiger partial charge in [-0.2, -0.15) is 0 Å². The number of rotatable bonds is 6. The summed E-state index contributed by atoms with van der Waals surface area (Å²) >= 11 is 12.0. The molecule has 0 saturated carbocycles. The molecule has 0 bridgehead atoms. The maximum absolute atomic E-state index is 12.9. The van der Waals surface area contributed by atoms with Crippen LogP contribution in [-0.4, -0.2) is 29.5 Å². The third-order valence-corrected chi connectivity index (χ3v) is 4.88. The molecule has 1 aliphatic rings. The molecule has 2 amide bonds. The highest BCUT2D eigenvalue weighted by Crippen LogP contribution is 2.36. The summed E-state index contributed by atoms with van der Waals surface area (Å²) in [5.74, 6) is -2.95. The molecule has 8 heteroatoms. The molecule has 0 fully saturated rings. The molecule has 3 rings (SSSR count). The Labute approximate surface area is 177 Å². The molecule has 29 heavy (non-hydrogen) atoms. The average molecular weight is 434 g/mol. The molecule has 0 spiro atoms. The van der Waals surface area contributed by atoms with Gasteiger partial charge in [0.25, 0.3) is 5.91 Å². The SMILES string of the molecule is CCCCOC(=O)c1cccc(N2C(=O)C(O)=C(c3ccc(Cl)cc3Cl)C2=O)c1. The number of halogens is 2. The van der Waals surface area contributed by atoms with E-state index in [0.29, 0.717) is 5.02 Å². The lowest BCUT2D eigenvalue weighted by Gasteiger charge is -2.15. The fourth-order valence-corrected chi connectivity index (χ4v) is 3.36. The molecule has 1 heterocycles. The van der Waals surface area contributed by atoms with E-state index in [-0.39, 0.29) is 34.0 Å². The monoisotopic (exact) mass is 433 g/mol. The Morgan fingerprint density at radius 3 is 2.55 bits per heavy atom. The van der Waals surface area contributed by atoms with Gasteiger partial charge >= 0.3 is 11.9 Å². The summed E-state index contributed by atoms with van der Waals surface area (Å²) in [4.78, 5) is 38.5. The minimum Gasteiger partial charge on any atom is -0.502 e. The van der Waals surface area contributed by atoms with Gasteiger partial charge in [0.2, 0.25) is 0 Å². The number of unbranched alkanes of at least 4 members (excludes halogenated alkanes) is 1. The lowest BCUT2D eigenvalue weighted by molar-refractivity contribution is -0.121. The number of hydrogen-bond donors (Lipinski definition) is 1. The van der Waals surface area contributed by atoms with Crippen LogP contribution in [0.2, 0.25) is 10.0 Å². The number of nitrogens with zero attached hydrogens (tertiary/aromatic N) is 1. The van der Waals surface area contributed by atoms with Crippen molar-refractivity contribution >= 4 is 52.2 Å². The number of imide groups is 1. The Morgan fingerprint density at radius 1 is 1.10 bits per heavy atom. The van der Waals surface area contributed by atoms with Crippen LogP contribution < -0.4 is 4.90 Å². The van der Waals surface area contributed by atoms with Gasteiger partial charge in [0, 0.05) is 10.6 Å². The molecule has 1 aliphatic heterocycles. The summed E-state index contributed by atoms with van der Waals surface area (Å²) in [7, 11) is 0. The molecule has 150 valence electrons. The number of esters is 1. The van der Waals surface area contributed by atoms with Crippen LogP contribution in [0.1, 0.15) is 35.7 Å². The van der Waals surface area contributed by atoms with E-state index in [1.807, 2.05) is 6.92 Å². The molecule has 0 radical (unpaired) electrons. The van der Waals surface area contributed by atoms with Crippen LogP contribution in [0.4, 0.5) is 5.69 Å². The van der Waals surface area contributed by atoms with Crippen LogP contribution >= 0.6 is 23.2 Å². The van der Waals surface area contributed by atoms with Gasteiger partial charge in [-0.3, -0.25) is 9.59 Å². The molecule has 6 nitrogen and oxygen atoms in total. The number of ether oxygens (including phenoxy) is 1. The van der Waals surface area contributed by atoms with Crippen molar-refractivity contribution in [2.24, 2.45) is 0 Å². The molecule has 0 aliphatic carbocycles. The zero-order chi connectivity index (χ0) is 21.1. The summed E-state index contributed by atoms with van der Waals surface area (Å²) in [6.45, 7) is 2.26. The normalized spacial score (nSPS) is 14.0. The molecular weight excluding hydrogens is 417 g/mol. The zero-order valence-corrected chi connectivity index (χ0v) is 17.0. The van der Waals surface area contributed by atoms with Crippen LogP contribution in [-0.2, 0) is 14.3 Å². The van der Waals surface area contributed by atoms with Gasteiger partial charge in [0.15, 0.2) is 5.76 Å². The molecule has 0 aromatic heterocycles. The molecule has 0 atom stereocenters. The third kappa shape index (κ3) is 4.13. The fraction of sp³-hybridized carbons (Fsp3) is 0.190. The summed E-state index contributed by atoms with van der Waals surface area (Å²) in [6.07, 6.45) is 1.61. The Hall–Kier alpha value is -2.83. The largest absolute Gasteiger partial charge is 0.502 e. The molecule has 1 N–H and O–H groups in total. The van der Waals surface area contributed by atoms with E-state index in [1.165, 1.54) is 42.5 Å². The first-order valence-corrected chi connectivity index (χ1v) is 9.65. The van der Waals surface area contributed by atoms with Crippen LogP contribution in [0.3, 0.4) is 0 Å². The second-order valence-corrected chi connectivity index (χ2v) is 7.18. The number of benzene rings is 2. The van der Waals surface area contributed by atoms with Crippen molar-refractivity contribution in [1.82, 2.24) is 0 Å². The number of hydrogen-bond acceptors (Lipinski definition) is 5. The Kier molecular flexibility index (Phi) is 6.25. The number of carbonyl (C=O) groups is 3. The predicted octanol–water partition coefficient (Wildman–Crippen LogP) is 4.79. The molecule has 0 saturated heterocycles. The van der Waals surface area contributed by atoms with Crippen molar-refractivity contribution in [3.05, 3.63) is 69.4 Å². The summed E-state index contributed by atoms with van der Waals surface area (Å²) in [5, 5.41) is 10.8. The molecule has 0 unspecified atom stereocenters. The van der Waals surface area contributed by atoms with Crippen molar-refractivity contribution in [1.29, 1.82) is 0 Å². The summed E-state index contributed by atoms with van der Waals surface area (Å²) in [5.41, 5.74) is 0.283. The van der Waals surface area contributed by atoms with Gasteiger partial charge in [-0.05, 0) is 36.8 Å². The van der Waals surface area contributed by atoms with E-state index in [0.717, 1.165) is 17.7 Å². The summed E-state index contributed by atoms with van der Waals surface area (Å²) in [6, 6.07) is 10.3. The minimum absolute atomic E-state index is 0.121. The number of carbonyl (C=O) groups excluding carboxylic acids is 3. The minimum atomic E-state index is -0.910. The fourth-order valence-electron chi connectivity index (χ4n) is 2.85. The maximum Gasteiger partial charge on any atom is 0.338 e. The van der Waals surface area contributed by atoms with Crippen LogP contribution in [0.5, 0.6) is 0 Å². The highest BCUT2D eigenvalue weighted by molar-refractivity contribution is 6.47. The number of aliphatic hydroxyl groups excluding tert-OH is 1. The first-order valence-electron chi connectivity index (χ1n) is 8.89. The first kappa shape index (κ1) is 20.9. The Balaban J connectivity index is 1.92. The highest BCUT2D eigenvalue weighted by Gasteiger charge is 2.41. The standard InChI is InChI=1S/C21H17Cl2NO5/c1-2-3-9-29-21(28)12-5-4-6-14(10-12)24-19(26)17(18(25)20(24)27)15-8-7-13(22)11-16(15)23/h4-8,10-11,25H,2-3,9H2,1H3. The third-order valence-electron chi connectivity index (χ3n) is 4.33. The summed E-state index contributed by atoms with van der Waals surface area (Å²) < 4.78 is 5.16. The number of amides is 2.